The second kappa shape index (κ2) is 12.8. The van der Waals surface area contributed by atoms with Crippen LogP contribution >= 0.6 is 0 Å². The first kappa shape index (κ1) is 27.5. The number of hydrogen-bond acceptors (Lipinski definition) is 5. The minimum atomic E-state index is -1.23. The number of amides is 1. The first-order chi connectivity index (χ1) is 18.9. The van der Waals surface area contributed by atoms with E-state index in [9.17, 15) is 19.1 Å². The topological polar surface area (TPSA) is 84.9 Å². The number of Topliss-reactive ketones (excluding diaryl/α,β-unsaturated/α-hetero) is 1. The number of aryl methyl sites for hydroxylation is 1. The lowest BCUT2D eigenvalue weighted by atomic mass is 9.99. The molecular formula is C32H30FNO5. The number of aliphatic hydroxyl groups is 1. The van der Waals surface area contributed by atoms with Gasteiger partial charge in [0.1, 0.15) is 17.7 Å². The highest BCUT2D eigenvalue weighted by molar-refractivity contribution is 6.00. The van der Waals surface area contributed by atoms with E-state index in [0.717, 1.165) is 17.5 Å². The Morgan fingerprint density at radius 3 is 2.36 bits per heavy atom. The van der Waals surface area contributed by atoms with Crippen molar-refractivity contribution in [2.45, 2.75) is 32.4 Å². The van der Waals surface area contributed by atoms with Crippen molar-refractivity contribution in [2.75, 3.05) is 7.11 Å². The zero-order valence-corrected chi connectivity index (χ0v) is 21.8. The molecule has 0 aliphatic carbocycles. The van der Waals surface area contributed by atoms with Crippen molar-refractivity contribution >= 4 is 11.7 Å². The van der Waals surface area contributed by atoms with Crippen molar-refractivity contribution in [1.29, 1.82) is 0 Å². The Morgan fingerprint density at radius 1 is 0.923 bits per heavy atom. The standard InChI is InChI=1S/C32H30FNO5/c1-3-7-24-18-26(39-29-19-25(33)14-17-28(29)38-2)15-16-27(24)32(37)34-20-21-10-12-23(13-11-21)31(36)30(35)22-8-5-4-6-9-22/h4-6,8-19,30,35H,3,7,20H2,1-2H3,(H,34,37). The Bertz CT molecular complexity index is 1440. The molecule has 6 nitrogen and oxygen atoms in total. The number of ketones is 1. The van der Waals surface area contributed by atoms with Gasteiger partial charge in [0, 0.05) is 23.7 Å². The second-order valence-corrected chi connectivity index (χ2v) is 9.02. The molecule has 4 rings (SSSR count). The second-order valence-electron chi connectivity index (χ2n) is 9.02. The summed E-state index contributed by atoms with van der Waals surface area (Å²) in [7, 11) is 1.48. The van der Waals surface area contributed by atoms with E-state index in [-0.39, 0.29) is 24.0 Å². The number of halogens is 1. The molecule has 4 aromatic rings. The summed E-state index contributed by atoms with van der Waals surface area (Å²) < 4.78 is 24.8. The first-order valence-corrected chi connectivity index (χ1v) is 12.7. The van der Waals surface area contributed by atoms with Crippen LogP contribution in [0, 0.1) is 5.82 Å². The van der Waals surface area contributed by atoms with Gasteiger partial charge in [-0.3, -0.25) is 9.59 Å². The molecule has 200 valence electrons. The lowest BCUT2D eigenvalue weighted by Gasteiger charge is -2.14. The van der Waals surface area contributed by atoms with E-state index >= 15 is 0 Å². The smallest absolute Gasteiger partial charge is 0.251 e. The van der Waals surface area contributed by atoms with Gasteiger partial charge in [0.2, 0.25) is 0 Å². The minimum Gasteiger partial charge on any atom is -0.493 e. The molecule has 1 atom stereocenters. The Hall–Kier alpha value is -4.49. The number of aliphatic hydroxyl groups excluding tert-OH is 1. The van der Waals surface area contributed by atoms with Crippen LogP contribution in [0.4, 0.5) is 4.39 Å². The highest BCUT2D eigenvalue weighted by Crippen LogP contribution is 2.33. The van der Waals surface area contributed by atoms with E-state index in [2.05, 4.69) is 5.32 Å². The maximum absolute atomic E-state index is 13.7. The van der Waals surface area contributed by atoms with Gasteiger partial charge in [0.05, 0.1) is 7.11 Å². The molecule has 0 aliphatic heterocycles. The molecule has 1 unspecified atom stereocenters. The van der Waals surface area contributed by atoms with Crippen molar-refractivity contribution in [2.24, 2.45) is 0 Å². The molecule has 1 amide bonds. The van der Waals surface area contributed by atoms with Crippen molar-refractivity contribution in [3.05, 3.63) is 125 Å². The van der Waals surface area contributed by atoms with Gasteiger partial charge in [-0.1, -0.05) is 67.9 Å². The molecule has 0 aromatic heterocycles. The first-order valence-electron chi connectivity index (χ1n) is 12.7. The van der Waals surface area contributed by atoms with Gasteiger partial charge < -0.3 is 19.9 Å². The van der Waals surface area contributed by atoms with E-state index < -0.39 is 11.9 Å². The monoisotopic (exact) mass is 527 g/mol. The average Bonchev–Trinajstić information content (AvgIpc) is 2.96. The van der Waals surface area contributed by atoms with Gasteiger partial charge in [0.15, 0.2) is 17.3 Å². The van der Waals surface area contributed by atoms with Crippen LogP contribution in [0.5, 0.6) is 17.2 Å². The highest BCUT2D eigenvalue weighted by Gasteiger charge is 2.19. The number of benzene rings is 4. The SMILES string of the molecule is CCCc1cc(Oc2cc(F)ccc2OC)ccc1C(=O)NCc1ccc(C(=O)C(O)c2ccccc2)cc1. The van der Waals surface area contributed by atoms with E-state index in [4.69, 9.17) is 9.47 Å². The maximum Gasteiger partial charge on any atom is 0.251 e. The zero-order chi connectivity index (χ0) is 27.8. The Morgan fingerprint density at radius 2 is 1.67 bits per heavy atom. The van der Waals surface area contributed by atoms with Crippen molar-refractivity contribution < 1.29 is 28.6 Å². The van der Waals surface area contributed by atoms with Crippen LogP contribution in [0.25, 0.3) is 0 Å². The Labute approximate surface area is 227 Å². The van der Waals surface area contributed by atoms with Crippen molar-refractivity contribution in [3.63, 3.8) is 0 Å². The summed E-state index contributed by atoms with van der Waals surface area (Å²) in [6.07, 6.45) is 0.237. The van der Waals surface area contributed by atoms with Crippen molar-refractivity contribution in [3.8, 4) is 17.2 Å². The summed E-state index contributed by atoms with van der Waals surface area (Å²) in [5, 5.41) is 13.3. The fourth-order valence-corrected chi connectivity index (χ4v) is 4.20. The third kappa shape index (κ3) is 6.89. The molecule has 0 radical (unpaired) electrons. The molecule has 2 N–H and O–H groups in total. The number of methoxy groups -OCH3 is 1. The summed E-state index contributed by atoms with van der Waals surface area (Å²) in [6.45, 7) is 2.28. The van der Waals surface area contributed by atoms with E-state index in [1.807, 2.05) is 13.0 Å². The van der Waals surface area contributed by atoms with Crippen LogP contribution in [0.2, 0.25) is 0 Å². The van der Waals surface area contributed by atoms with Crippen LogP contribution in [-0.4, -0.2) is 23.9 Å². The fourth-order valence-electron chi connectivity index (χ4n) is 4.20. The zero-order valence-electron chi connectivity index (χ0n) is 21.8. The Kier molecular flexibility index (Phi) is 9.07. The number of carbonyl (C=O) groups excluding carboxylic acids is 2. The summed E-state index contributed by atoms with van der Waals surface area (Å²) >= 11 is 0. The van der Waals surface area contributed by atoms with Crippen LogP contribution in [0.15, 0.2) is 91.0 Å². The van der Waals surface area contributed by atoms with E-state index in [0.29, 0.717) is 34.6 Å². The molecule has 0 aliphatic rings. The van der Waals surface area contributed by atoms with Gasteiger partial charge >= 0.3 is 0 Å². The molecule has 0 saturated carbocycles. The average molecular weight is 528 g/mol. The quantitative estimate of drug-likeness (QED) is 0.220. The fraction of sp³-hybridized carbons (Fsp3) is 0.188. The maximum atomic E-state index is 13.7. The molecule has 0 bridgehead atoms. The van der Waals surface area contributed by atoms with E-state index in [1.54, 1.807) is 66.7 Å². The molecule has 0 fully saturated rings. The number of carbonyl (C=O) groups is 2. The summed E-state index contributed by atoms with van der Waals surface area (Å²) in [5.74, 6) is 0.0391. The molecule has 4 aromatic carbocycles. The molecule has 0 saturated heterocycles. The lowest BCUT2D eigenvalue weighted by molar-refractivity contribution is 0.0747. The summed E-state index contributed by atoms with van der Waals surface area (Å²) in [6, 6.07) is 24.7. The van der Waals surface area contributed by atoms with Gasteiger partial charge in [-0.05, 0) is 53.4 Å². The van der Waals surface area contributed by atoms with Gasteiger partial charge in [-0.15, -0.1) is 0 Å². The molecule has 7 heteroatoms. The van der Waals surface area contributed by atoms with Crippen LogP contribution < -0.4 is 14.8 Å². The number of ether oxygens (including phenoxy) is 2. The minimum absolute atomic E-state index is 0.243. The van der Waals surface area contributed by atoms with E-state index in [1.165, 1.54) is 25.3 Å². The lowest BCUT2D eigenvalue weighted by Crippen LogP contribution is -2.24. The van der Waals surface area contributed by atoms with Crippen LogP contribution in [0.1, 0.15) is 56.9 Å². The third-order valence-corrected chi connectivity index (χ3v) is 6.25. The third-order valence-electron chi connectivity index (χ3n) is 6.25. The van der Waals surface area contributed by atoms with Gasteiger partial charge in [-0.2, -0.15) is 0 Å². The van der Waals surface area contributed by atoms with Crippen LogP contribution in [0.3, 0.4) is 0 Å². The Balaban J connectivity index is 1.42. The predicted molar refractivity (Wildman–Crippen MR) is 147 cm³/mol. The number of nitrogens with one attached hydrogen (secondary N) is 1. The van der Waals surface area contributed by atoms with Gasteiger partial charge in [0.25, 0.3) is 5.91 Å². The summed E-state index contributed by atoms with van der Waals surface area (Å²) in [5.41, 5.74) is 3.06. The highest BCUT2D eigenvalue weighted by atomic mass is 19.1. The number of rotatable bonds is 11. The summed E-state index contributed by atoms with van der Waals surface area (Å²) in [4.78, 5) is 25.7. The van der Waals surface area contributed by atoms with Crippen LogP contribution in [-0.2, 0) is 13.0 Å². The molecule has 0 spiro atoms. The predicted octanol–water partition coefficient (Wildman–Crippen LogP) is 6.43. The largest absolute Gasteiger partial charge is 0.493 e. The molecule has 39 heavy (non-hydrogen) atoms. The molecule has 0 heterocycles. The van der Waals surface area contributed by atoms with Gasteiger partial charge in [-0.25, -0.2) is 4.39 Å². The normalized spacial score (nSPS) is 11.5. The van der Waals surface area contributed by atoms with Crippen molar-refractivity contribution in [1.82, 2.24) is 5.32 Å². The number of hydrogen-bond donors (Lipinski definition) is 2. The molecular weight excluding hydrogens is 497 g/mol.